The maximum absolute atomic E-state index is 12.5. The van der Waals surface area contributed by atoms with E-state index in [2.05, 4.69) is 0 Å². The van der Waals surface area contributed by atoms with Crippen molar-refractivity contribution in [1.29, 1.82) is 5.26 Å². The molecule has 108 valence electrons. The SMILES string of the molecule is N#Cc1ccc2c(c1)S(=O)(=O)C(C(O)C(F)(F)F)C2O. The van der Waals surface area contributed by atoms with E-state index in [1.807, 2.05) is 0 Å². The number of alkyl halides is 3. The van der Waals surface area contributed by atoms with Gasteiger partial charge < -0.3 is 10.2 Å². The van der Waals surface area contributed by atoms with Gasteiger partial charge in [-0.1, -0.05) is 6.07 Å². The second-order valence-electron chi connectivity index (χ2n) is 4.31. The second kappa shape index (κ2) is 4.44. The number of rotatable bonds is 1. The van der Waals surface area contributed by atoms with Gasteiger partial charge in [0.05, 0.1) is 16.5 Å². The summed E-state index contributed by atoms with van der Waals surface area (Å²) in [5, 5.41) is 25.2. The molecule has 2 rings (SSSR count). The third kappa shape index (κ3) is 2.06. The first-order valence-electron chi connectivity index (χ1n) is 5.31. The average molecular weight is 307 g/mol. The van der Waals surface area contributed by atoms with Crippen LogP contribution in [0.4, 0.5) is 13.2 Å². The number of hydrogen-bond donors (Lipinski definition) is 2. The quantitative estimate of drug-likeness (QED) is 0.794. The molecule has 3 unspecified atom stereocenters. The molecule has 0 aromatic heterocycles. The summed E-state index contributed by atoms with van der Waals surface area (Å²) in [6.07, 6.45) is -10.4. The Morgan fingerprint density at radius 2 is 1.95 bits per heavy atom. The minimum atomic E-state index is -5.18. The van der Waals surface area contributed by atoms with Crippen LogP contribution in [0.2, 0.25) is 0 Å². The van der Waals surface area contributed by atoms with Gasteiger partial charge in [0.1, 0.15) is 11.4 Å². The van der Waals surface area contributed by atoms with Crippen molar-refractivity contribution in [2.45, 2.75) is 28.5 Å². The third-order valence-corrected chi connectivity index (χ3v) is 5.28. The second-order valence-corrected chi connectivity index (χ2v) is 6.38. The highest BCUT2D eigenvalue weighted by Gasteiger charge is 2.56. The van der Waals surface area contributed by atoms with Crippen LogP contribution < -0.4 is 0 Å². The molecule has 1 aliphatic heterocycles. The third-order valence-electron chi connectivity index (χ3n) is 3.08. The summed E-state index contributed by atoms with van der Waals surface area (Å²) in [4.78, 5) is -0.558. The number of nitrogens with zero attached hydrogens (tertiary/aromatic N) is 1. The molecule has 1 aliphatic rings. The van der Waals surface area contributed by atoms with Crippen molar-refractivity contribution in [3.8, 4) is 6.07 Å². The first kappa shape index (κ1) is 14.8. The van der Waals surface area contributed by atoms with Crippen molar-refractivity contribution < 1.29 is 31.8 Å². The van der Waals surface area contributed by atoms with Crippen molar-refractivity contribution in [2.75, 3.05) is 0 Å². The van der Waals surface area contributed by atoms with Gasteiger partial charge in [-0.05, 0) is 12.1 Å². The van der Waals surface area contributed by atoms with Crippen LogP contribution in [-0.2, 0) is 9.84 Å². The van der Waals surface area contributed by atoms with E-state index in [-0.39, 0.29) is 11.1 Å². The van der Waals surface area contributed by atoms with Crippen LogP contribution >= 0.6 is 0 Å². The Bertz CT molecular complexity index is 693. The van der Waals surface area contributed by atoms with Crippen molar-refractivity contribution in [2.24, 2.45) is 0 Å². The first-order valence-corrected chi connectivity index (χ1v) is 6.86. The summed E-state index contributed by atoms with van der Waals surface area (Å²) in [7, 11) is -4.58. The maximum Gasteiger partial charge on any atom is 0.415 e. The molecule has 0 saturated heterocycles. The average Bonchev–Trinajstić information content (AvgIpc) is 2.55. The molecule has 0 bridgehead atoms. The van der Waals surface area contributed by atoms with Gasteiger partial charge in [0.15, 0.2) is 15.9 Å². The number of fused-ring (bicyclic) bond motifs is 1. The van der Waals surface area contributed by atoms with Gasteiger partial charge in [0, 0.05) is 5.56 Å². The zero-order valence-corrected chi connectivity index (χ0v) is 10.5. The van der Waals surface area contributed by atoms with E-state index in [0.29, 0.717) is 0 Å². The van der Waals surface area contributed by atoms with Crippen LogP contribution in [0.3, 0.4) is 0 Å². The number of benzene rings is 1. The van der Waals surface area contributed by atoms with Crippen LogP contribution in [0.1, 0.15) is 17.2 Å². The largest absolute Gasteiger partial charge is 0.415 e. The van der Waals surface area contributed by atoms with Gasteiger partial charge in [-0.3, -0.25) is 0 Å². The smallest absolute Gasteiger partial charge is 0.387 e. The summed E-state index contributed by atoms with van der Waals surface area (Å²) in [5.41, 5.74) is -0.320. The van der Waals surface area contributed by atoms with Gasteiger partial charge in [0.2, 0.25) is 0 Å². The van der Waals surface area contributed by atoms with Crippen LogP contribution in [0.15, 0.2) is 23.1 Å². The summed E-state index contributed by atoms with van der Waals surface area (Å²) >= 11 is 0. The van der Waals surface area contributed by atoms with E-state index < -0.39 is 38.4 Å². The van der Waals surface area contributed by atoms with Gasteiger partial charge in [0.25, 0.3) is 0 Å². The highest BCUT2D eigenvalue weighted by atomic mass is 32.2. The van der Waals surface area contributed by atoms with E-state index in [1.54, 1.807) is 6.07 Å². The fraction of sp³-hybridized carbons (Fsp3) is 0.364. The molecule has 20 heavy (non-hydrogen) atoms. The minimum absolute atomic E-state index is 0.0679. The highest BCUT2D eigenvalue weighted by Crippen LogP contribution is 2.43. The number of sulfone groups is 1. The molecule has 5 nitrogen and oxygen atoms in total. The van der Waals surface area contributed by atoms with Gasteiger partial charge in [-0.2, -0.15) is 18.4 Å². The fourth-order valence-corrected chi connectivity index (χ4v) is 4.20. The molecule has 9 heteroatoms. The topological polar surface area (TPSA) is 98.4 Å². The molecule has 0 amide bonds. The number of aliphatic hydroxyl groups is 2. The van der Waals surface area contributed by atoms with Crippen LogP contribution in [0, 0.1) is 11.3 Å². The van der Waals surface area contributed by atoms with Crippen molar-refractivity contribution in [3.05, 3.63) is 29.3 Å². The molecular weight excluding hydrogens is 299 g/mol. The van der Waals surface area contributed by atoms with Crippen molar-refractivity contribution in [3.63, 3.8) is 0 Å². The summed E-state index contributed by atoms with van der Waals surface area (Å²) in [6.45, 7) is 0. The monoisotopic (exact) mass is 307 g/mol. The lowest BCUT2D eigenvalue weighted by Gasteiger charge is -2.22. The number of nitriles is 1. The summed E-state index contributed by atoms with van der Waals surface area (Å²) < 4.78 is 61.6. The zero-order valence-electron chi connectivity index (χ0n) is 9.66. The molecule has 0 fully saturated rings. The van der Waals surface area contributed by atoms with E-state index in [4.69, 9.17) is 10.4 Å². The van der Waals surface area contributed by atoms with Crippen molar-refractivity contribution in [1.82, 2.24) is 0 Å². The van der Waals surface area contributed by atoms with Gasteiger partial charge in [-0.15, -0.1) is 0 Å². The molecule has 3 atom stereocenters. The van der Waals surface area contributed by atoms with E-state index >= 15 is 0 Å². The molecule has 0 aliphatic carbocycles. The normalized spacial score (nSPS) is 25.8. The van der Waals surface area contributed by atoms with E-state index in [1.165, 1.54) is 6.07 Å². The standard InChI is InChI=1S/C11H8F3NO4S/c12-11(13,14)10(17)9-8(16)6-2-1-5(4-15)3-7(6)20(9,18)19/h1-3,8-10,16-17H. The van der Waals surface area contributed by atoms with Crippen LogP contribution in [0.25, 0.3) is 0 Å². The fourth-order valence-electron chi connectivity index (χ4n) is 2.12. The molecule has 0 radical (unpaired) electrons. The highest BCUT2D eigenvalue weighted by molar-refractivity contribution is 7.92. The minimum Gasteiger partial charge on any atom is -0.387 e. The Labute approximate surface area is 111 Å². The summed E-state index contributed by atoms with van der Waals surface area (Å²) in [6, 6.07) is 4.79. The maximum atomic E-state index is 12.5. The van der Waals surface area contributed by atoms with E-state index in [0.717, 1.165) is 12.1 Å². The Hall–Kier alpha value is -1.63. The van der Waals surface area contributed by atoms with Crippen LogP contribution in [0.5, 0.6) is 0 Å². The molecular formula is C11H8F3NO4S. The van der Waals surface area contributed by atoms with Crippen LogP contribution in [-0.4, -0.2) is 36.2 Å². The lowest BCUT2D eigenvalue weighted by molar-refractivity contribution is -0.209. The Kier molecular flexibility index (Phi) is 3.28. The summed E-state index contributed by atoms with van der Waals surface area (Å²) in [5.74, 6) is 0. The van der Waals surface area contributed by atoms with Crippen molar-refractivity contribution >= 4 is 9.84 Å². The Morgan fingerprint density at radius 3 is 2.45 bits per heavy atom. The number of halogens is 3. The molecule has 0 saturated carbocycles. The van der Waals surface area contributed by atoms with Gasteiger partial charge >= 0.3 is 6.18 Å². The lowest BCUT2D eigenvalue weighted by atomic mass is 10.0. The van der Waals surface area contributed by atoms with Gasteiger partial charge in [-0.25, -0.2) is 8.42 Å². The number of aliphatic hydroxyl groups excluding tert-OH is 2. The molecule has 0 spiro atoms. The van der Waals surface area contributed by atoms with E-state index in [9.17, 15) is 26.7 Å². The number of hydrogen-bond acceptors (Lipinski definition) is 5. The lowest BCUT2D eigenvalue weighted by Crippen LogP contribution is -2.44. The predicted octanol–water partition coefficient (Wildman–Crippen LogP) is 0.671. The predicted molar refractivity (Wildman–Crippen MR) is 59.2 cm³/mol. The molecule has 1 aromatic rings. The molecule has 1 aromatic carbocycles. The Morgan fingerprint density at radius 1 is 1.35 bits per heavy atom. The zero-order chi connectivity index (χ0) is 15.3. The molecule has 2 N–H and O–H groups in total. The first-order chi connectivity index (χ1) is 9.10. The molecule has 1 heterocycles. The Balaban J connectivity index is 2.60.